The molecule has 5 heteroatoms. The van der Waals surface area contributed by atoms with Crippen molar-refractivity contribution in [3.63, 3.8) is 0 Å². The molecular formula is C18H17Cl2N3. The van der Waals surface area contributed by atoms with Crippen molar-refractivity contribution in [1.29, 1.82) is 5.26 Å². The molecule has 118 valence electrons. The number of nitrogens with zero attached hydrogens (tertiary/aromatic N) is 2. The molecule has 2 aromatic carbocycles. The largest absolute Gasteiger partial charge is 0.399 e. The third kappa shape index (κ3) is 3.45. The summed E-state index contributed by atoms with van der Waals surface area (Å²) >= 11 is 12.6. The average molecular weight is 346 g/mol. The van der Waals surface area contributed by atoms with Crippen LogP contribution in [-0.4, -0.2) is 18.0 Å². The van der Waals surface area contributed by atoms with Gasteiger partial charge >= 0.3 is 0 Å². The molecule has 23 heavy (non-hydrogen) atoms. The van der Waals surface area contributed by atoms with E-state index in [1.807, 2.05) is 18.2 Å². The Bertz CT molecular complexity index is 751. The number of likely N-dealkylation sites (tertiary alicyclic amines) is 1. The van der Waals surface area contributed by atoms with Crippen LogP contribution in [-0.2, 0) is 6.54 Å². The van der Waals surface area contributed by atoms with E-state index in [0.29, 0.717) is 26.9 Å². The van der Waals surface area contributed by atoms with Gasteiger partial charge in [-0.1, -0.05) is 35.3 Å². The first-order valence-electron chi connectivity index (χ1n) is 7.59. The fourth-order valence-electron chi connectivity index (χ4n) is 3.02. The predicted molar refractivity (Wildman–Crippen MR) is 95.5 cm³/mol. The van der Waals surface area contributed by atoms with Crippen LogP contribution in [0, 0.1) is 11.3 Å². The highest BCUT2D eigenvalue weighted by molar-refractivity contribution is 6.39. The van der Waals surface area contributed by atoms with Crippen molar-refractivity contribution in [3.05, 3.63) is 51.5 Å². The Kier molecular flexibility index (Phi) is 4.77. The van der Waals surface area contributed by atoms with Crippen molar-refractivity contribution in [3.8, 4) is 17.2 Å². The molecule has 0 saturated carbocycles. The highest BCUT2D eigenvalue weighted by Crippen LogP contribution is 2.37. The van der Waals surface area contributed by atoms with Gasteiger partial charge in [0.2, 0.25) is 0 Å². The topological polar surface area (TPSA) is 53.1 Å². The Morgan fingerprint density at radius 2 is 1.74 bits per heavy atom. The minimum absolute atomic E-state index is 0.492. The van der Waals surface area contributed by atoms with Gasteiger partial charge in [-0.25, -0.2) is 0 Å². The molecule has 1 aliphatic heterocycles. The van der Waals surface area contributed by atoms with Crippen molar-refractivity contribution in [2.24, 2.45) is 0 Å². The summed E-state index contributed by atoms with van der Waals surface area (Å²) in [6, 6.07) is 11.5. The molecule has 0 aromatic heterocycles. The number of benzene rings is 2. The predicted octanol–water partition coefficient (Wildman–Crippen LogP) is 4.71. The quantitative estimate of drug-likeness (QED) is 0.819. The van der Waals surface area contributed by atoms with Crippen molar-refractivity contribution in [1.82, 2.24) is 4.90 Å². The number of hydrogen-bond acceptors (Lipinski definition) is 3. The van der Waals surface area contributed by atoms with Crippen LogP contribution in [0.2, 0.25) is 10.0 Å². The molecule has 1 saturated heterocycles. The Morgan fingerprint density at radius 3 is 2.35 bits per heavy atom. The van der Waals surface area contributed by atoms with Crippen LogP contribution in [0.15, 0.2) is 30.3 Å². The monoisotopic (exact) mass is 345 g/mol. The maximum absolute atomic E-state index is 9.49. The number of hydrogen-bond donors (Lipinski definition) is 1. The summed E-state index contributed by atoms with van der Waals surface area (Å²) in [6.45, 7) is 3.01. The van der Waals surface area contributed by atoms with Crippen molar-refractivity contribution < 1.29 is 0 Å². The second-order valence-corrected chi connectivity index (χ2v) is 6.64. The van der Waals surface area contributed by atoms with E-state index in [1.54, 1.807) is 12.1 Å². The van der Waals surface area contributed by atoms with Crippen LogP contribution in [0.5, 0.6) is 0 Å². The first-order valence-corrected chi connectivity index (χ1v) is 8.34. The molecule has 1 fully saturated rings. The first-order chi connectivity index (χ1) is 11.1. The van der Waals surface area contributed by atoms with Gasteiger partial charge in [0, 0.05) is 17.8 Å². The lowest BCUT2D eigenvalue weighted by molar-refractivity contribution is 0.331. The van der Waals surface area contributed by atoms with Gasteiger partial charge in [-0.15, -0.1) is 0 Å². The fourth-order valence-corrected chi connectivity index (χ4v) is 3.75. The normalized spacial score (nSPS) is 14.8. The second-order valence-electron chi connectivity index (χ2n) is 5.83. The molecule has 0 bridgehead atoms. The molecule has 0 radical (unpaired) electrons. The number of nitrogen functional groups attached to an aromatic ring is 1. The minimum atomic E-state index is 0.492. The van der Waals surface area contributed by atoms with Gasteiger partial charge < -0.3 is 5.73 Å². The third-order valence-corrected chi connectivity index (χ3v) is 4.77. The smallest absolute Gasteiger partial charge is 0.0995 e. The number of nitriles is 1. The highest BCUT2D eigenvalue weighted by atomic mass is 35.5. The SMILES string of the molecule is N#Cc1cc(-c2c(Cl)cc(N)cc2Cl)ccc1CN1CCCC1. The lowest BCUT2D eigenvalue weighted by Crippen LogP contribution is -2.19. The maximum Gasteiger partial charge on any atom is 0.0995 e. The third-order valence-electron chi connectivity index (χ3n) is 4.18. The number of rotatable bonds is 3. The summed E-state index contributed by atoms with van der Waals surface area (Å²) in [5.41, 5.74) is 9.53. The van der Waals surface area contributed by atoms with E-state index in [2.05, 4.69) is 11.0 Å². The van der Waals surface area contributed by atoms with Gasteiger partial charge in [0.15, 0.2) is 0 Å². The molecule has 1 aliphatic rings. The summed E-state index contributed by atoms with van der Waals surface area (Å²) in [5, 5.41) is 10.5. The molecule has 2 N–H and O–H groups in total. The Labute approximate surface area is 146 Å². The summed E-state index contributed by atoms with van der Waals surface area (Å²) in [7, 11) is 0. The highest BCUT2D eigenvalue weighted by Gasteiger charge is 2.16. The zero-order valence-electron chi connectivity index (χ0n) is 12.6. The van der Waals surface area contributed by atoms with Gasteiger partial charge in [0.25, 0.3) is 0 Å². The van der Waals surface area contributed by atoms with Gasteiger partial charge in [-0.05, 0) is 55.3 Å². The Balaban J connectivity index is 1.98. The van der Waals surface area contributed by atoms with Crippen molar-refractivity contribution >= 4 is 28.9 Å². The Hall–Kier alpha value is -1.73. The molecule has 1 heterocycles. The standard InChI is InChI=1S/C18H17Cl2N3/c19-16-8-15(22)9-17(20)18(16)12-3-4-13(14(7-12)10-21)11-23-5-1-2-6-23/h3-4,7-9H,1-2,5-6,11,22H2. The van der Waals surface area contributed by atoms with E-state index in [9.17, 15) is 5.26 Å². The number of halogens is 2. The van der Waals surface area contributed by atoms with Crippen molar-refractivity contribution in [2.75, 3.05) is 18.8 Å². The molecule has 0 atom stereocenters. The molecule has 0 aliphatic carbocycles. The van der Waals surface area contributed by atoms with Crippen LogP contribution >= 0.6 is 23.2 Å². The molecule has 3 nitrogen and oxygen atoms in total. The fraction of sp³-hybridized carbons (Fsp3) is 0.278. The summed E-state index contributed by atoms with van der Waals surface area (Å²) in [4.78, 5) is 2.37. The van der Waals surface area contributed by atoms with Gasteiger partial charge in [-0.3, -0.25) is 4.90 Å². The molecule has 3 rings (SSSR count). The van der Waals surface area contributed by atoms with E-state index in [0.717, 1.165) is 30.8 Å². The summed E-state index contributed by atoms with van der Waals surface area (Å²) in [6.07, 6.45) is 2.47. The van der Waals surface area contributed by atoms with E-state index in [1.165, 1.54) is 12.8 Å². The van der Waals surface area contributed by atoms with Crippen LogP contribution in [0.3, 0.4) is 0 Å². The second kappa shape index (κ2) is 6.80. The molecule has 0 unspecified atom stereocenters. The number of anilines is 1. The van der Waals surface area contributed by atoms with Gasteiger partial charge in [0.1, 0.15) is 0 Å². The van der Waals surface area contributed by atoms with E-state index in [4.69, 9.17) is 28.9 Å². The van der Waals surface area contributed by atoms with Crippen LogP contribution in [0.4, 0.5) is 5.69 Å². The lowest BCUT2D eigenvalue weighted by atomic mass is 9.99. The van der Waals surface area contributed by atoms with E-state index >= 15 is 0 Å². The molecule has 0 amide bonds. The van der Waals surface area contributed by atoms with Gasteiger partial charge in [0.05, 0.1) is 21.7 Å². The molecular weight excluding hydrogens is 329 g/mol. The van der Waals surface area contributed by atoms with E-state index < -0.39 is 0 Å². The van der Waals surface area contributed by atoms with Crippen LogP contribution < -0.4 is 5.73 Å². The summed E-state index contributed by atoms with van der Waals surface area (Å²) < 4.78 is 0. The molecule has 2 aromatic rings. The zero-order chi connectivity index (χ0) is 16.4. The van der Waals surface area contributed by atoms with Crippen LogP contribution in [0.25, 0.3) is 11.1 Å². The first kappa shape index (κ1) is 16.1. The lowest BCUT2D eigenvalue weighted by Gasteiger charge is -2.16. The molecule has 0 spiro atoms. The Morgan fingerprint density at radius 1 is 1.09 bits per heavy atom. The number of nitrogens with two attached hydrogens (primary N) is 1. The maximum atomic E-state index is 9.49. The van der Waals surface area contributed by atoms with Crippen LogP contribution in [0.1, 0.15) is 24.0 Å². The van der Waals surface area contributed by atoms with Crippen molar-refractivity contribution in [2.45, 2.75) is 19.4 Å². The average Bonchev–Trinajstić information content (AvgIpc) is 3.00. The minimum Gasteiger partial charge on any atom is -0.399 e. The zero-order valence-corrected chi connectivity index (χ0v) is 14.2. The summed E-state index contributed by atoms with van der Waals surface area (Å²) in [5.74, 6) is 0. The van der Waals surface area contributed by atoms with Gasteiger partial charge in [-0.2, -0.15) is 5.26 Å². The van der Waals surface area contributed by atoms with E-state index in [-0.39, 0.29) is 0 Å².